The number of aliphatic hydroxyl groups excluding tert-OH is 1. The van der Waals surface area contributed by atoms with Crippen LogP contribution in [0.4, 0.5) is 4.39 Å². The van der Waals surface area contributed by atoms with Crippen molar-refractivity contribution >= 4 is 0 Å². The number of halogens is 1. The molecule has 0 unspecified atom stereocenters. The highest BCUT2D eigenvalue weighted by molar-refractivity contribution is 5.60. The van der Waals surface area contributed by atoms with Gasteiger partial charge in [0.2, 0.25) is 0 Å². The Morgan fingerprint density at radius 1 is 1.16 bits per heavy atom. The third-order valence-corrected chi connectivity index (χ3v) is 3.02. The molecule has 0 aliphatic rings. The summed E-state index contributed by atoms with van der Waals surface area (Å²) >= 11 is 0. The Morgan fingerprint density at radius 2 is 1.79 bits per heavy atom. The summed E-state index contributed by atoms with van der Waals surface area (Å²) in [7, 11) is 0. The number of hydrogen-bond acceptors (Lipinski definition) is 2. The number of aliphatic hydroxyl groups is 1. The fourth-order valence-corrected chi connectivity index (χ4v) is 2.08. The first kappa shape index (κ1) is 13.5. The van der Waals surface area contributed by atoms with Gasteiger partial charge in [0.05, 0.1) is 12.3 Å². The highest BCUT2D eigenvalue weighted by Gasteiger charge is 2.12. The molecule has 100 valence electrons. The number of rotatable bonds is 3. The van der Waals surface area contributed by atoms with E-state index < -0.39 is 0 Å². The molecule has 0 saturated carbocycles. The molecule has 19 heavy (non-hydrogen) atoms. The van der Waals surface area contributed by atoms with Crippen LogP contribution < -0.4 is 5.56 Å². The van der Waals surface area contributed by atoms with E-state index in [-0.39, 0.29) is 24.0 Å². The molecule has 3 nitrogen and oxygen atoms in total. The van der Waals surface area contributed by atoms with Gasteiger partial charge in [0, 0.05) is 11.6 Å². The van der Waals surface area contributed by atoms with Gasteiger partial charge in [-0.2, -0.15) is 0 Å². The van der Waals surface area contributed by atoms with Crippen molar-refractivity contribution in [2.45, 2.75) is 26.5 Å². The zero-order valence-electron chi connectivity index (χ0n) is 10.9. The third-order valence-electron chi connectivity index (χ3n) is 3.02. The molecular formula is C15H16FNO2. The topological polar surface area (TPSA) is 42.2 Å². The lowest BCUT2D eigenvalue weighted by Crippen LogP contribution is -2.26. The second kappa shape index (κ2) is 5.36. The Labute approximate surface area is 110 Å². The number of pyridine rings is 1. The molecule has 1 N–H and O–H groups in total. The maximum absolute atomic E-state index is 13.0. The smallest absolute Gasteiger partial charge is 0.256 e. The van der Waals surface area contributed by atoms with Crippen molar-refractivity contribution in [1.29, 1.82) is 0 Å². The highest BCUT2D eigenvalue weighted by atomic mass is 19.1. The minimum atomic E-state index is -0.311. The van der Waals surface area contributed by atoms with Gasteiger partial charge in [0.25, 0.3) is 5.56 Å². The summed E-state index contributed by atoms with van der Waals surface area (Å²) in [4.78, 5) is 12.2. The van der Waals surface area contributed by atoms with Crippen molar-refractivity contribution in [3.8, 4) is 11.3 Å². The zero-order chi connectivity index (χ0) is 14.0. The number of nitrogens with zero attached hydrogens (tertiary/aromatic N) is 1. The number of hydrogen-bond donors (Lipinski definition) is 1. The molecule has 0 radical (unpaired) electrons. The van der Waals surface area contributed by atoms with Crippen LogP contribution in [0.5, 0.6) is 0 Å². The predicted molar refractivity (Wildman–Crippen MR) is 72.4 cm³/mol. The standard InChI is InChI=1S/C15H16FNO2/c1-10(2)17-14(8-5-12(9-18)15(17)19)11-3-6-13(16)7-4-11/h3-8,10,18H,9H2,1-2H3. The first-order valence-corrected chi connectivity index (χ1v) is 6.16. The molecule has 0 fully saturated rings. The lowest BCUT2D eigenvalue weighted by atomic mass is 10.1. The molecule has 0 aliphatic heterocycles. The van der Waals surface area contributed by atoms with Gasteiger partial charge in [-0.15, -0.1) is 0 Å². The Bertz CT molecular complexity index is 630. The average Bonchev–Trinajstić information content (AvgIpc) is 2.38. The van der Waals surface area contributed by atoms with Crippen LogP contribution in [0.15, 0.2) is 41.2 Å². The zero-order valence-corrected chi connectivity index (χ0v) is 10.9. The molecule has 0 bridgehead atoms. The minimum absolute atomic E-state index is 0.0425. The van der Waals surface area contributed by atoms with Crippen LogP contribution in [0, 0.1) is 5.82 Å². The van der Waals surface area contributed by atoms with E-state index in [1.807, 2.05) is 13.8 Å². The summed E-state index contributed by atoms with van der Waals surface area (Å²) in [5, 5.41) is 9.16. The van der Waals surface area contributed by atoms with Crippen molar-refractivity contribution in [2.75, 3.05) is 0 Å². The minimum Gasteiger partial charge on any atom is -0.391 e. The Kier molecular flexibility index (Phi) is 3.81. The molecule has 4 heteroatoms. The summed E-state index contributed by atoms with van der Waals surface area (Å²) in [6, 6.07) is 9.36. The summed E-state index contributed by atoms with van der Waals surface area (Å²) in [5.41, 5.74) is 1.65. The van der Waals surface area contributed by atoms with E-state index in [0.29, 0.717) is 5.56 Å². The van der Waals surface area contributed by atoms with E-state index in [9.17, 15) is 9.18 Å². The highest BCUT2D eigenvalue weighted by Crippen LogP contribution is 2.21. The van der Waals surface area contributed by atoms with Crippen LogP contribution in [-0.2, 0) is 6.61 Å². The predicted octanol–water partition coefficient (Wildman–Crippen LogP) is 2.73. The summed E-state index contributed by atoms with van der Waals surface area (Å²) in [6.07, 6.45) is 0. The fraction of sp³-hybridized carbons (Fsp3) is 0.267. The molecular weight excluding hydrogens is 245 g/mol. The van der Waals surface area contributed by atoms with Crippen molar-refractivity contribution in [3.63, 3.8) is 0 Å². The van der Waals surface area contributed by atoms with Gasteiger partial charge in [-0.05, 0) is 55.8 Å². The van der Waals surface area contributed by atoms with Gasteiger partial charge < -0.3 is 9.67 Å². The first-order valence-electron chi connectivity index (χ1n) is 6.16. The van der Waals surface area contributed by atoms with Crippen LogP contribution in [-0.4, -0.2) is 9.67 Å². The van der Waals surface area contributed by atoms with Crippen LogP contribution in [0.2, 0.25) is 0 Å². The molecule has 2 rings (SSSR count). The maximum atomic E-state index is 13.0. The Morgan fingerprint density at radius 3 is 2.32 bits per heavy atom. The van der Waals surface area contributed by atoms with Gasteiger partial charge in [-0.25, -0.2) is 4.39 Å². The quantitative estimate of drug-likeness (QED) is 0.923. The molecule has 1 aromatic carbocycles. The largest absolute Gasteiger partial charge is 0.391 e. The maximum Gasteiger partial charge on any atom is 0.256 e. The second-order valence-electron chi connectivity index (χ2n) is 4.68. The molecule has 0 amide bonds. The molecule has 2 aromatic rings. The van der Waals surface area contributed by atoms with Gasteiger partial charge in [0.1, 0.15) is 5.82 Å². The summed E-state index contributed by atoms with van der Waals surface area (Å²) < 4.78 is 14.6. The average molecular weight is 261 g/mol. The molecule has 1 aromatic heterocycles. The lowest BCUT2D eigenvalue weighted by molar-refractivity contribution is 0.279. The van der Waals surface area contributed by atoms with Crippen LogP contribution in [0.1, 0.15) is 25.5 Å². The van der Waals surface area contributed by atoms with E-state index >= 15 is 0 Å². The van der Waals surface area contributed by atoms with E-state index in [4.69, 9.17) is 5.11 Å². The van der Waals surface area contributed by atoms with E-state index in [0.717, 1.165) is 11.3 Å². The van der Waals surface area contributed by atoms with E-state index in [1.165, 1.54) is 12.1 Å². The SMILES string of the molecule is CC(C)n1c(-c2ccc(F)cc2)ccc(CO)c1=O. The first-order chi connectivity index (χ1) is 9.04. The molecule has 0 saturated heterocycles. The van der Waals surface area contributed by atoms with Gasteiger partial charge in [0.15, 0.2) is 0 Å². The molecule has 0 spiro atoms. The van der Waals surface area contributed by atoms with Gasteiger partial charge >= 0.3 is 0 Å². The summed E-state index contributed by atoms with van der Waals surface area (Å²) in [6.45, 7) is 3.51. The van der Waals surface area contributed by atoms with Gasteiger partial charge in [-0.3, -0.25) is 4.79 Å². The van der Waals surface area contributed by atoms with Gasteiger partial charge in [-0.1, -0.05) is 0 Å². The van der Waals surface area contributed by atoms with Crippen molar-refractivity contribution in [3.05, 3.63) is 58.1 Å². The Balaban J connectivity index is 2.67. The monoisotopic (exact) mass is 261 g/mol. The normalized spacial score (nSPS) is 11.0. The molecule has 0 aliphatic carbocycles. The van der Waals surface area contributed by atoms with E-state index in [1.54, 1.807) is 28.8 Å². The van der Waals surface area contributed by atoms with Crippen LogP contribution >= 0.6 is 0 Å². The molecule has 0 atom stereocenters. The van der Waals surface area contributed by atoms with Crippen molar-refractivity contribution < 1.29 is 9.50 Å². The number of aromatic nitrogens is 1. The number of benzene rings is 1. The van der Waals surface area contributed by atoms with Crippen LogP contribution in [0.25, 0.3) is 11.3 Å². The van der Waals surface area contributed by atoms with Crippen molar-refractivity contribution in [2.24, 2.45) is 0 Å². The van der Waals surface area contributed by atoms with E-state index in [2.05, 4.69) is 0 Å². The van der Waals surface area contributed by atoms with Crippen LogP contribution in [0.3, 0.4) is 0 Å². The second-order valence-corrected chi connectivity index (χ2v) is 4.68. The fourth-order valence-electron chi connectivity index (χ4n) is 2.08. The Hall–Kier alpha value is -1.94. The molecule has 1 heterocycles. The van der Waals surface area contributed by atoms with Crippen molar-refractivity contribution in [1.82, 2.24) is 4.57 Å². The third kappa shape index (κ3) is 2.58. The lowest BCUT2D eigenvalue weighted by Gasteiger charge is -2.17. The summed E-state index contributed by atoms with van der Waals surface area (Å²) in [5.74, 6) is -0.311.